The van der Waals surface area contributed by atoms with E-state index in [0.717, 1.165) is 5.56 Å². The van der Waals surface area contributed by atoms with Crippen LogP contribution in [-0.2, 0) is 4.79 Å². The van der Waals surface area contributed by atoms with Crippen LogP contribution in [0, 0.1) is 6.92 Å². The van der Waals surface area contributed by atoms with E-state index in [1.165, 1.54) is 0 Å². The molecule has 2 rings (SSSR count). The molecule has 0 bridgehead atoms. The molecule has 6 heteroatoms. The van der Waals surface area contributed by atoms with E-state index in [9.17, 15) is 4.79 Å². The van der Waals surface area contributed by atoms with Crippen molar-refractivity contribution in [1.82, 2.24) is 0 Å². The van der Waals surface area contributed by atoms with Gasteiger partial charge in [0.1, 0.15) is 11.5 Å². The van der Waals surface area contributed by atoms with Gasteiger partial charge in [-0.25, -0.2) is 0 Å². The van der Waals surface area contributed by atoms with E-state index < -0.39 is 6.10 Å². The fourth-order valence-corrected chi connectivity index (χ4v) is 2.51. The molecule has 1 unspecified atom stereocenters. The highest BCUT2D eigenvalue weighted by Crippen LogP contribution is 2.27. The number of halogens is 2. The Labute approximate surface area is 145 Å². The van der Waals surface area contributed by atoms with Crippen LogP contribution in [0.3, 0.4) is 0 Å². The molecule has 0 saturated carbocycles. The zero-order chi connectivity index (χ0) is 17.0. The third-order valence-electron chi connectivity index (χ3n) is 3.13. The number of ether oxygens (including phenoxy) is 2. The Balaban J connectivity index is 2.09. The van der Waals surface area contributed by atoms with Crippen LogP contribution in [-0.4, -0.2) is 19.1 Å². The average Bonchev–Trinajstić information content (AvgIpc) is 2.46. The average molecular weight is 354 g/mol. The number of hydrogen-bond acceptors (Lipinski definition) is 3. The molecule has 0 spiro atoms. The van der Waals surface area contributed by atoms with Gasteiger partial charge in [-0.2, -0.15) is 0 Å². The van der Waals surface area contributed by atoms with E-state index in [-0.39, 0.29) is 5.91 Å². The van der Waals surface area contributed by atoms with Crippen LogP contribution < -0.4 is 14.8 Å². The van der Waals surface area contributed by atoms with Gasteiger partial charge in [0.25, 0.3) is 5.91 Å². The lowest BCUT2D eigenvalue weighted by molar-refractivity contribution is -0.122. The number of benzene rings is 2. The van der Waals surface area contributed by atoms with Gasteiger partial charge in [-0.05, 0) is 49.7 Å². The quantitative estimate of drug-likeness (QED) is 0.845. The van der Waals surface area contributed by atoms with Crippen LogP contribution in [0.4, 0.5) is 5.69 Å². The van der Waals surface area contributed by atoms with Crippen molar-refractivity contribution in [3.63, 3.8) is 0 Å². The van der Waals surface area contributed by atoms with Gasteiger partial charge >= 0.3 is 0 Å². The molecule has 0 heterocycles. The highest BCUT2D eigenvalue weighted by Gasteiger charge is 2.17. The molecule has 1 N–H and O–H groups in total. The number of carbonyl (C=O) groups is 1. The minimum Gasteiger partial charge on any atom is -0.495 e. The molecule has 2 aromatic carbocycles. The topological polar surface area (TPSA) is 47.6 Å². The summed E-state index contributed by atoms with van der Waals surface area (Å²) in [5.74, 6) is 0.716. The number of rotatable bonds is 5. The summed E-state index contributed by atoms with van der Waals surface area (Å²) in [6, 6.07) is 10.3. The van der Waals surface area contributed by atoms with Crippen LogP contribution in [0.5, 0.6) is 11.5 Å². The van der Waals surface area contributed by atoms with Crippen molar-refractivity contribution >= 4 is 34.8 Å². The van der Waals surface area contributed by atoms with Crippen LogP contribution in [0.25, 0.3) is 0 Å². The van der Waals surface area contributed by atoms with Crippen molar-refractivity contribution < 1.29 is 14.3 Å². The molecule has 0 saturated heterocycles. The molecule has 0 aliphatic rings. The van der Waals surface area contributed by atoms with E-state index in [4.69, 9.17) is 32.7 Å². The van der Waals surface area contributed by atoms with Crippen molar-refractivity contribution in [3.8, 4) is 11.5 Å². The molecule has 0 fully saturated rings. The third-order valence-corrected chi connectivity index (χ3v) is 3.57. The number of nitrogens with one attached hydrogen (secondary N) is 1. The van der Waals surface area contributed by atoms with E-state index >= 15 is 0 Å². The van der Waals surface area contributed by atoms with Crippen molar-refractivity contribution in [3.05, 3.63) is 52.0 Å². The maximum atomic E-state index is 12.3. The molecule has 0 aliphatic heterocycles. The van der Waals surface area contributed by atoms with E-state index in [0.29, 0.717) is 27.2 Å². The maximum Gasteiger partial charge on any atom is 0.265 e. The fourth-order valence-electron chi connectivity index (χ4n) is 2.01. The monoisotopic (exact) mass is 353 g/mol. The van der Waals surface area contributed by atoms with Gasteiger partial charge in [0, 0.05) is 10.0 Å². The van der Waals surface area contributed by atoms with Gasteiger partial charge in [0.2, 0.25) is 0 Å². The Kier molecular flexibility index (Phi) is 5.74. The summed E-state index contributed by atoms with van der Waals surface area (Å²) < 4.78 is 10.8. The lowest BCUT2D eigenvalue weighted by Crippen LogP contribution is -2.30. The van der Waals surface area contributed by atoms with Gasteiger partial charge in [-0.3, -0.25) is 4.79 Å². The third kappa shape index (κ3) is 4.78. The number of carbonyl (C=O) groups excluding carboxylic acids is 1. The Morgan fingerprint density at radius 3 is 2.39 bits per heavy atom. The molecule has 1 atom stereocenters. The number of amides is 1. The first-order chi connectivity index (χ1) is 10.9. The van der Waals surface area contributed by atoms with Crippen LogP contribution in [0.15, 0.2) is 36.4 Å². The van der Waals surface area contributed by atoms with Gasteiger partial charge in [0.15, 0.2) is 6.10 Å². The van der Waals surface area contributed by atoms with Gasteiger partial charge in [-0.1, -0.05) is 29.3 Å². The van der Waals surface area contributed by atoms with E-state index in [1.807, 2.05) is 19.1 Å². The normalized spacial score (nSPS) is 11.7. The maximum absolute atomic E-state index is 12.3. The lowest BCUT2D eigenvalue weighted by atomic mass is 10.2. The number of methoxy groups -OCH3 is 1. The van der Waals surface area contributed by atoms with Crippen molar-refractivity contribution in [2.45, 2.75) is 20.0 Å². The van der Waals surface area contributed by atoms with E-state index in [1.54, 1.807) is 38.3 Å². The first-order valence-corrected chi connectivity index (χ1v) is 7.73. The number of anilines is 1. The van der Waals surface area contributed by atoms with Crippen LogP contribution in [0.1, 0.15) is 12.5 Å². The van der Waals surface area contributed by atoms with Crippen molar-refractivity contribution in [2.24, 2.45) is 0 Å². The summed E-state index contributed by atoms with van der Waals surface area (Å²) >= 11 is 11.8. The predicted molar refractivity (Wildman–Crippen MR) is 92.9 cm³/mol. The fraction of sp³-hybridized carbons (Fsp3) is 0.235. The predicted octanol–water partition coefficient (Wildman–Crippen LogP) is 4.72. The second kappa shape index (κ2) is 7.57. The summed E-state index contributed by atoms with van der Waals surface area (Å²) in [7, 11) is 1.55. The minimum absolute atomic E-state index is 0.301. The second-order valence-corrected chi connectivity index (χ2v) is 5.93. The molecule has 0 aliphatic carbocycles. The van der Waals surface area contributed by atoms with Gasteiger partial charge in [-0.15, -0.1) is 0 Å². The molecule has 23 heavy (non-hydrogen) atoms. The zero-order valence-corrected chi connectivity index (χ0v) is 14.5. The molecule has 122 valence electrons. The summed E-state index contributed by atoms with van der Waals surface area (Å²) in [5.41, 5.74) is 1.60. The molecule has 2 aromatic rings. The summed E-state index contributed by atoms with van der Waals surface area (Å²) in [6.07, 6.45) is -0.727. The number of aryl methyl sites for hydroxylation is 1. The molecule has 0 radical (unpaired) electrons. The van der Waals surface area contributed by atoms with Gasteiger partial charge < -0.3 is 14.8 Å². The molecule has 4 nitrogen and oxygen atoms in total. The standard InChI is InChI=1S/C17H17Cl2NO3/c1-10-4-5-16(22-3)15(6-10)20-17(21)11(2)23-14-8-12(18)7-13(19)9-14/h4-9,11H,1-3H3,(H,20,21). The molecule has 1 amide bonds. The second-order valence-electron chi connectivity index (χ2n) is 5.06. The summed E-state index contributed by atoms with van der Waals surface area (Å²) in [6.45, 7) is 3.58. The Bertz CT molecular complexity index is 699. The highest BCUT2D eigenvalue weighted by atomic mass is 35.5. The summed E-state index contributed by atoms with van der Waals surface area (Å²) in [5, 5.41) is 3.69. The van der Waals surface area contributed by atoms with Crippen LogP contribution >= 0.6 is 23.2 Å². The van der Waals surface area contributed by atoms with Gasteiger partial charge in [0.05, 0.1) is 12.8 Å². The smallest absolute Gasteiger partial charge is 0.265 e. The Morgan fingerprint density at radius 2 is 1.78 bits per heavy atom. The minimum atomic E-state index is -0.727. The van der Waals surface area contributed by atoms with Crippen LogP contribution in [0.2, 0.25) is 10.0 Å². The zero-order valence-electron chi connectivity index (χ0n) is 13.0. The first-order valence-electron chi connectivity index (χ1n) is 6.97. The lowest BCUT2D eigenvalue weighted by Gasteiger charge is -2.17. The first kappa shape index (κ1) is 17.4. The SMILES string of the molecule is COc1ccc(C)cc1NC(=O)C(C)Oc1cc(Cl)cc(Cl)c1. The largest absolute Gasteiger partial charge is 0.495 e. The number of hydrogen-bond donors (Lipinski definition) is 1. The molecular formula is C17H17Cl2NO3. The summed E-state index contributed by atoms with van der Waals surface area (Å²) in [4.78, 5) is 12.3. The molecular weight excluding hydrogens is 337 g/mol. The Hall–Kier alpha value is -1.91. The van der Waals surface area contributed by atoms with Crippen molar-refractivity contribution in [2.75, 3.05) is 12.4 Å². The highest BCUT2D eigenvalue weighted by molar-refractivity contribution is 6.34. The Morgan fingerprint density at radius 1 is 1.13 bits per heavy atom. The van der Waals surface area contributed by atoms with Crippen molar-refractivity contribution in [1.29, 1.82) is 0 Å². The molecule has 0 aromatic heterocycles. The van der Waals surface area contributed by atoms with E-state index in [2.05, 4.69) is 5.32 Å².